The Morgan fingerprint density at radius 2 is 1.81 bits per heavy atom. The molecule has 0 atom stereocenters. The van der Waals surface area contributed by atoms with Crippen LogP contribution >= 0.6 is 23.1 Å². The van der Waals surface area contributed by atoms with Gasteiger partial charge >= 0.3 is 5.97 Å². The fraction of sp³-hybridized carbons (Fsp3) is 0.214. The SMILES string of the molecule is C=CCn1c(CCc2ccccc2)nnc1SCC(=O)Nc1scc(-c2ccccc2)c1C(=O)OCC. The van der Waals surface area contributed by atoms with E-state index >= 15 is 0 Å². The van der Waals surface area contributed by atoms with Crippen LogP contribution in [0.2, 0.25) is 0 Å². The largest absolute Gasteiger partial charge is 0.462 e. The maximum absolute atomic E-state index is 12.9. The quantitative estimate of drug-likeness (QED) is 0.139. The van der Waals surface area contributed by atoms with Crippen molar-refractivity contribution >= 4 is 40.0 Å². The Bertz CT molecular complexity index is 1350. The summed E-state index contributed by atoms with van der Waals surface area (Å²) in [6.07, 6.45) is 3.37. The second kappa shape index (κ2) is 13.0. The van der Waals surface area contributed by atoms with Gasteiger partial charge in [0.2, 0.25) is 5.91 Å². The van der Waals surface area contributed by atoms with Gasteiger partial charge in [-0.05, 0) is 24.5 Å². The Morgan fingerprint density at radius 1 is 1.08 bits per heavy atom. The Morgan fingerprint density at radius 3 is 2.51 bits per heavy atom. The highest BCUT2D eigenvalue weighted by atomic mass is 32.2. The highest BCUT2D eigenvalue weighted by molar-refractivity contribution is 7.99. The number of thioether (sulfide) groups is 1. The highest BCUT2D eigenvalue weighted by Crippen LogP contribution is 2.36. The van der Waals surface area contributed by atoms with Crippen molar-refractivity contribution in [2.45, 2.75) is 31.5 Å². The number of rotatable bonds is 12. The van der Waals surface area contributed by atoms with Crippen LogP contribution in [0.4, 0.5) is 5.00 Å². The summed E-state index contributed by atoms with van der Waals surface area (Å²) < 4.78 is 7.26. The molecule has 1 N–H and O–H groups in total. The molecule has 0 saturated heterocycles. The number of nitrogens with one attached hydrogen (secondary N) is 1. The third-order valence-electron chi connectivity index (χ3n) is 5.53. The van der Waals surface area contributed by atoms with Crippen molar-refractivity contribution in [3.63, 3.8) is 0 Å². The first-order chi connectivity index (χ1) is 18.1. The Labute approximate surface area is 224 Å². The molecule has 4 rings (SSSR count). The number of allylic oxidation sites excluding steroid dienone is 1. The summed E-state index contributed by atoms with van der Waals surface area (Å²) in [5.41, 5.74) is 3.22. The molecule has 0 aliphatic heterocycles. The molecule has 4 aromatic rings. The van der Waals surface area contributed by atoms with Crippen LogP contribution in [0.25, 0.3) is 11.1 Å². The Kier molecular flexibility index (Phi) is 9.29. The standard InChI is InChI=1S/C28H28N4O3S2/c1-3-17-32-23(16-15-20-11-7-5-8-12-20)30-31-28(32)37-19-24(33)29-26-25(27(34)35-4-2)22(18-36-26)21-13-9-6-10-14-21/h3,5-14,18H,1,4,15-17,19H2,2H3,(H,29,33). The third-order valence-corrected chi connectivity index (χ3v) is 7.39. The second-order valence-electron chi connectivity index (χ2n) is 8.06. The molecule has 190 valence electrons. The zero-order valence-corrected chi connectivity index (χ0v) is 22.2. The van der Waals surface area contributed by atoms with Gasteiger partial charge in [0, 0.05) is 23.9 Å². The van der Waals surface area contributed by atoms with Gasteiger partial charge in [-0.15, -0.1) is 28.1 Å². The molecule has 2 aromatic heterocycles. The van der Waals surface area contributed by atoms with Gasteiger partial charge in [0.05, 0.1) is 12.4 Å². The van der Waals surface area contributed by atoms with Gasteiger partial charge in [0.1, 0.15) is 16.4 Å². The molecule has 0 unspecified atom stereocenters. The molecule has 2 aromatic carbocycles. The minimum absolute atomic E-state index is 0.120. The predicted octanol–water partition coefficient (Wildman–Crippen LogP) is 5.89. The lowest BCUT2D eigenvalue weighted by atomic mass is 10.0. The van der Waals surface area contributed by atoms with Crippen LogP contribution in [0, 0.1) is 0 Å². The van der Waals surface area contributed by atoms with Gasteiger partial charge in [-0.3, -0.25) is 4.79 Å². The number of hydrogen-bond donors (Lipinski definition) is 1. The van der Waals surface area contributed by atoms with Gasteiger partial charge in [-0.2, -0.15) is 0 Å². The average Bonchev–Trinajstić information content (AvgIpc) is 3.51. The van der Waals surface area contributed by atoms with Crippen molar-refractivity contribution in [3.05, 3.63) is 95.6 Å². The van der Waals surface area contributed by atoms with Gasteiger partial charge in [0.25, 0.3) is 0 Å². The van der Waals surface area contributed by atoms with Gasteiger partial charge in [0.15, 0.2) is 5.16 Å². The molecular weight excluding hydrogens is 504 g/mol. The molecule has 0 aliphatic rings. The van der Waals surface area contributed by atoms with Crippen molar-refractivity contribution in [2.75, 3.05) is 17.7 Å². The number of hydrogen-bond acceptors (Lipinski definition) is 7. The molecule has 0 saturated carbocycles. The number of aromatic nitrogens is 3. The van der Waals surface area contributed by atoms with Crippen LogP contribution in [0.5, 0.6) is 0 Å². The summed E-state index contributed by atoms with van der Waals surface area (Å²) in [4.78, 5) is 25.7. The van der Waals surface area contributed by atoms with Crippen LogP contribution in [0.1, 0.15) is 28.7 Å². The first-order valence-corrected chi connectivity index (χ1v) is 13.8. The lowest BCUT2D eigenvalue weighted by molar-refractivity contribution is -0.113. The fourth-order valence-corrected chi connectivity index (χ4v) is 5.54. The molecule has 0 radical (unpaired) electrons. The van der Waals surface area contributed by atoms with Crippen LogP contribution in [0.15, 0.2) is 83.9 Å². The Balaban J connectivity index is 1.45. The second-order valence-corrected chi connectivity index (χ2v) is 9.88. The van der Waals surface area contributed by atoms with Crippen LogP contribution < -0.4 is 5.32 Å². The smallest absolute Gasteiger partial charge is 0.341 e. The number of anilines is 1. The molecule has 0 spiro atoms. The summed E-state index contributed by atoms with van der Waals surface area (Å²) in [5.74, 6) is 0.270. The van der Waals surface area contributed by atoms with Crippen molar-refractivity contribution in [2.24, 2.45) is 0 Å². The summed E-state index contributed by atoms with van der Waals surface area (Å²) in [6, 6.07) is 19.8. The molecule has 0 aliphatic carbocycles. The summed E-state index contributed by atoms with van der Waals surface area (Å²) >= 11 is 2.61. The monoisotopic (exact) mass is 532 g/mol. The summed E-state index contributed by atoms with van der Waals surface area (Å²) in [6.45, 7) is 6.41. The zero-order chi connectivity index (χ0) is 26.0. The van der Waals surface area contributed by atoms with Gasteiger partial charge in [-0.1, -0.05) is 78.5 Å². The van der Waals surface area contributed by atoms with E-state index in [0.29, 0.717) is 22.3 Å². The molecule has 2 heterocycles. The molecular formula is C28H28N4O3S2. The topological polar surface area (TPSA) is 86.1 Å². The number of benzene rings is 2. The maximum Gasteiger partial charge on any atom is 0.341 e. The van der Waals surface area contributed by atoms with Crippen molar-refractivity contribution < 1.29 is 14.3 Å². The molecule has 7 nitrogen and oxygen atoms in total. The predicted molar refractivity (Wildman–Crippen MR) is 149 cm³/mol. The van der Waals surface area contributed by atoms with Crippen molar-refractivity contribution in [3.8, 4) is 11.1 Å². The number of ether oxygens (including phenoxy) is 1. The first-order valence-electron chi connectivity index (χ1n) is 11.9. The molecule has 0 fully saturated rings. The highest BCUT2D eigenvalue weighted by Gasteiger charge is 2.23. The summed E-state index contributed by atoms with van der Waals surface area (Å²) in [5, 5.41) is 14.6. The van der Waals surface area contributed by atoms with E-state index in [-0.39, 0.29) is 18.3 Å². The Hall–Kier alpha value is -3.69. The number of carbonyl (C=O) groups is 2. The van der Waals surface area contributed by atoms with Crippen LogP contribution in [0.3, 0.4) is 0 Å². The first kappa shape index (κ1) is 26.4. The lowest BCUT2D eigenvalue weighted by Gasteiger charge is -2.10. The molecule has 9 heteroatoms. The minimum atomic E-state index is -0.459. The number of carbonyl (C=O) groups excluding carboxylic acids is 2. The number of esters is 1. The zero-order valence-electron chi connectivity index (χ0n) is 20.6. The van der Waals surface area contributed by atoms with E-state index in [9.17, 15) is 9.59 Å². The van der Waals surface area contributed by atoms with Crippen LogP contribution in [-0.2, 0) is 28.9 Å². The van der Waals surface area contributed by atoms with E-state index in [0.717, 1.165) is 29.8 Å². The van der Waals surface area contributed by atoms with E-state index in [2.05, 4.69) is 34.2 Å². The molecule has 37 heavy (non-hydrogen) atoms. The third kappa shape index (κ3) is 6.75. The van der Waals surface area contributed by atoms with E-state index in [4.69, 9.17) is 4.74 Å². The average molecular weight is 533 g/mol. The van der Waals surface area contributed by atoms with E-state index in [1.54, 1.807) is 13.0 Å². The van der Waals surface area contributed by atoms with Crippen molar-refractivity contribution in [1.82, 2.24) is 14.8 Å². The number of thiophene rings is 1. The number of aryl methyl sites for hydroxylation is 2. The normalized spacial score (nSPS) is 10.7. The number of amides is 1. The van der Waals surface area contributed by atoms with Gasteiger partial charge < -0.3 is 14.6 Å². The van der Waals surface area contributed by atoms with Crippen molar-refractivity contribution in [1.29, 1.82) is 0 Å². The summed E-state index contributed by atoms with van der Waals surface area (Å²) in [7, 11) is 0. The van der Waals surface area contributed by atoms with E-state index in [1.165, 1.54) is 28.7 Å². The van der Waals surface area contributed by atoms with E-state index < -0.39 is 5.97 Å². The fourth-order valence-electron chi connectivity index (χ4n) is 3.80. The number of nitrogens with zero attached hydrogens (tertiary/aromatic N) is 3. The van der Waals surface area contributed by atoms with Crippen LogP contribution in [-0.4, -0.2) is 39.0 Å². The molecule has 1 amide bonds. The van der Waals surface area contributed by atoms with E-state index in [1.807, 2.05) is 58.5 Å². The lowest BCUT2D eigenvalue weighted by Crippen LogP contribution is -2.17. The molecule has 0 bridgehead atoms. The maximum atomic E-state index is 12.9. The minimum Gasteiger partial charge on any atom is -0.462 e. The van der Waals surface area contributed by atoms with Gasteiger partial charge in [-0.25, -0.2) is 4.79 Å².